The van der Waals surface area contributed by atoms with Gasteiger partial charge in [0.2, 0.25) is 5.91 Å². The zero-order chi connectivity index (χ0) is 25.7. The maximum Gasteiger partial charge on any atom is 0.342 e. The molecule has 4 rings (SSSR count). The highest BCUT2D eigenvalue weighted by Gasteiger charge is 2.33. The predicted octanol–water partition coefficient (Wildman–Crippen LogP) is 1.40. The Morgan fingerprint density at radius 2 is 1.86 bits per heavy atom. The van der Waals surface area contributed by atoms with E-state index in [9.17, 15) is 9.59 Å². The number of carbonyl (C=O) groups is 2. The van der Waals surface area contributed by atoms with Crippen molar-refractivity contribution >= 4 is 42.2 Å². The van der Waals surface area contributed by atoms with Crippen LogP contribution in [0.3, 0.4) is 0 Å². The number of hydrogen-bond donors (Lipinski definition) is 4. The summed E-state index contributed by atoms with van der Waals surface area (Å²) < 4.78 is 0. The molecule has 12 heteroatoms. The van der Waals surface area contributed by atoms with Crippen molar-refractivity contribution < 1.29 is 9.59 Å². The fraction of sp³-hybridized carbons (Fsp3) is 0.625. The van der Waals surface area contributed by atoms with E-state index < -0.39 is 0 Å². The van der Waals surface area contributed by atoms with Crippen LogP contribution in [0, 0.1) is 5.92 Å². The first kappa shape index (κ1) is 26.0. The van der Waals surface area contributed by atoms with E-state index in [0.717, 1.165) is 57.3 Å². The third-order valence-electron chi connectivity index (χ3n) is 7.35. The number of aliphatic imine (C=N–C) groups is 1. The molecule has 2 saturated heterocycles. The molecule has 0 spiro atoms. The lowest BCUT2D eigenvalue weighted by atomic mass is 9.89. The molecule has 1 aromatic heterocycles. The number of anilines is 2. The monoisotopic (exact) mass is 498 g/mol. The van der Waals surface area contributed by atoms with E-state index in [2.05, 4.69) is 44.2 Å². The van der Waals surface area contributed by atoms with E-state index in [1.807, 2.05) is 11.0 Å². The van der Waals surface area contributed by atoms with Gasteiger partial charge in [0, 0.05) is 26.2 Å². The Morgan fingerprint density at radius 3 is 2.50 bits per heavy atom. The number of nitrogens with two attached hydrogens (primary N) is 2. The number of nitrogens with zero attached hydrogens (tertiary/aromatic N) is 6. The van der Waals surface area contributed by atoms with Gasteiger partial charge in [-0.05, 0) is 70.8 Å². The molecule has 3 aliphatic rings. The summed E-state index contributed by atoms with van der Waals surface area (Å²) in [5.41, 5.74) is 16.0. The lowest BCUT2D eigenvalue weighted by molar-refractivity contribution is -0.130. The first-order chi connectivity index (χ1) is 17.4. The first-order valence-electron chi connectivity index (χ1n) is 12.8. The van der Waals surface area contributed by atoms with Gasteiger partial charge in [0.05, 0.1) is 12.6 Å². The molecule has 4 heterocycles. The van der Waals surface area contributed by atoms with E-state index in [0.29, 0.717) is 48.7 Å². The normalized spacial score (nSPS) is 20.1. The Kier molecular flexibility index (Phi) is 8.49. The molecule has 1 aromatic rings. The molecule has 0 bridgehead atoms. The van der Waals surface area contributed by atoms with Gasteiger partial charge < -0.3 is 21.3 Å². The molecule has 196 valence electrons. The number of nitrogens with one attached hydrogen (secondary N) is 2. The zero-order valence-corrected chi connectivity index (χ0v) is 21.1. The standard InChI is InChI=1S/C24H38N10O2/c1-16(17-4-12-33(13-5-17)20(35)15-26)14-19-21(27-2)29-23-22(28-19)30-24(36)34(31-23)18-6-10-32(11-7-18)9-3-8-25/h14,17-18H,2-13,15,25-26H2,1H3,(H,29,31)(H,28,30,36)/b16-14+. The fourth-order valence-electron chi connectivity index (χ4n) is 5.16. The lowest BCUT2D eigenvalue weighted by Gasteiger charge is -2.40. The number of hydrogen-bond acceptors (Lipinski definition) is 9. The van der Waals surface area contributed by atoms with Crippen LogP contribution in [-0.4, -0.2) is 95.3 Å². The SMILES string of the molecule is C=Nc1nc2c(nc1/C=C(\C)C1CCN(C(=O)CN)CC1)NC(=O)N(C1CCN(CCCN)CC1)N2. The Bertz CT molecular complexity index is 997. The summed E-state index contributed by atoms with van der Waals surface area (Å²) in [6.07, 6.45) is 6.41. The summed E-state index contributed by atoms with van der Waals surface area (Å²) in [5.74, 6) is 1.56. The summed E-state index contributed by atoms with van der Waals surface area (Å²) in [6.45, 7) is 10.7. The summed E-state index contributed by atoms with van der Waals surface area (Å²) in [6, 6.07) is -0.173. The third-order valence-corrected chi connectivity index (χ3v) is 7.35. The molecule has 0 unspecified atom stereocenters. The average molecular weight is 499 g/mol. The van der Waals surface area contributed by atoms with Crippen molar-refractivity contribution in [2.24, 2.45) is 22.4 Å². The molecule has 0 saturated carbocycles. The van der Waals surface area contributed by atoms with Gasteiger partial charge in [0.15, 0.2) is 17.5 Å². The second kappa shape index (κ2) is 11.8. The van der Waals surface area contributed by atoms with Crippen LogP contribution in [0.4, 0.5) is 22.2 Å². The van der Waals surface area contributed by atoms with Crippen LogP contribution >= 0.6 is 0 Å². The van der Waals surface area contributed by atoms with Gasteiger partial charge in [-0.25, -0.2) is 24.8 Å². The molecule has 0 atom stereocenters. The Labute approximate surface area is 212 Å². The highest BCUT2D eigenvalue weighted by atomic mass is 16.2. The molecule has 0 aliphatic carbocycles. The van der Waals surface area contributed by atoms with Crippen LogP contribution in [0.1, 0.15) is 44.7 Å². The number of likely N-dealkylation sites (tertiary alicyclic amines) is 2. The van der Waals surface area contributed by atoms with E-state index in [1.54, 1.807) is 5.01 Å². The van der Waals surface area contributed by atoms with Gasteiger partial charge >= 0.3 is 6.03 Å². The highest BCUT2D eigenvalue weighted by molar-refractivity contribution is 5.95. The van der Waals surface area contributed by atoms with Crippen LogP contribution in [0.15, 0.2) is 10.6 Å². The van der Waals surface area contributed by atoms with Crippen molar-refractivity contribution in [3.8, 4) is 0 Å². The smallest absolute Gasteiger partial charge is 0.342 e. The number of allylic oxidation sites excluding steroid dienone is 1. The number of amides is 3. The molecule has 3 aliphatic heterocycles. The number of urea groups is 1. The quantitative estimate of drug-likeness (QED) is 0.392. The minimum atomic E-state index is -0.236. The Balaban J connectivity index is 1.44. The maximum atomic E-state index is 12.9. The summed E-state index contributed by atoms with van der Waals surface area (Å²) >= 11 is 0. The number of carbonyl (C=O) groups excluding carboxylic acids is 2. The van der Waals surface area contributed by atoms with Gasteiger partial charge in [0.25, 0.3) is 0 Å². The maximum absolute atomic E-state index is 12.9. The van der Waals surface area contributed by atoms with Crippen molar-refractivity contribution in [2.45, 2.75) is 45.1 Å². The summed E-state index contributed by atoms with van der Waals surface area (Å²) in [4.78, 5) is 42.3. The molecule has 0 radical (unpaired) electrons. The number of fused-ring (bicyclic) bond motifs is 1. The van der Waals surface area contributed by atoms with Crippen LogP contribution in [0.2, 0.25) is 0 Å². The van der Waals surface area contributed by atoms with Crippen molar-refractivity contribution in [1.82, 2.24) is 24.8 Å². The molecule has 12 nitrogen and oxygen atoms in total. The van der Waals surface area contributed by atoms with Crippen molar-refractivity contribution in [2.75, 3.05) is 56.6 Å². The van der Waals surface area contributed by atoms with Crippen LogP contribution in [0.5, 0.6) is 0 Å². The predicted molar refractivity (Wildman–Crippen MR) is 141 cm³/mol. The molecular formula is C24H38N10O2. The number of piperidine rings is 2. The first-order valence-corrected chi connectivity index (χ1v) is 12.8. The molecule has 2 fully saturated rings. The highest BCUT2D eigenvalue weighted by Crippen LogP contribution is 2.32. The van der Waals surface area contributed by atoms with Gasteiger partial charge in [-0.3, -0.25) is 15.5 Å². The van der Waals surface area contributed by atoms with Gasteiger partial charge in [-0.15, -0.1) is 0 Å². The summed E-state index contributed by atoms with van der Waals surface area (Å²) in [7, 11) is 0. The van der Waals surface area contributed by atoms with Gasteiger partial charge in [0.1, 0.15) is 5.69 Å². The minimum absolute atomic E-state index is 0.0109. The molecule has 3 amide bonds. The minimum Gasteiger partial charge on any atom is -0.342 e. The van der Waals surface area contributed by atoms with Crippen molar-refractivity contribution in [3.05, 3.63) is 11.3 Å². The van der Waals surface area contributed by atoms with E-state index >= 15 is 0 Å². The third kappa shape index (κ3) is 5.82. The van der Waals surface area contributed by atoms with Crippen LogP contribution < -0.4 is 22.2 Å². The zero-order valence-electron chi connectivity index (χ0n) is 21.1. The van der Waals surface area contributed by atoms with Crippen molar-refractivity contribution in [3.63, 3.8) is 0 Å². The van der Waals surface area contributed by atoms with Crippen molar-refractivity contribution in [1.29, 1.82) is 0 Å². The fourth-order valence-corrected chi connectivity index (χ4v) is 5.16. The number of aromatic nitrogens is 2. The number of rotatable bonds is 8. The second-order valence-corrected chi connectivity index (χ2v) is 9.66. The topological polar surface area (TPSA) is 158 Å². The molecular weight excluding hydrogens is 460 g/mol. The summed E-state index contributed by atoms with van der Waals surface area (Å²) in [5, 5.41) is 4.52. The van der Waals surface area contributed by atoms with E-state index in [4.69, 9.17) is 11.5 Å². The molecule has 36 heavy (non-hydrogen) atoms. The second-order valence-electron chi connectivity index (χ2n) is 9.66. The largest absolute Gasteiger partial charge is 0.342 e. The Morgan fingerprint density at radius 1 is 1.14 bits per heavy atom. The van der Waals surface area contributed by atoms with Crippen LogP contribution in [0.25, 0.3) is 6.08 Å². The molecule has 0 aromatic carbocycles. The van der Waals surface area contributed by atoms with E-state index in [1.165, 1.54) is 0 Å². The van der Waals surface area contributed by atoms with Gasteiger partial charge in [-0.1, -0.05) is 5.57 Å². The number of hydrazine groups is 1. The average Bonchev–Trinajstić information content (AvgIpc) is 2.91. The lowest BCUT2D eigenvalue weighted by Crippen LogP contribution is -2.53. The Hall–Kier alpha value is -3.09. The van der Waals surface area contributed by atoms with E-state index in [-0.39, 0.29) is 24.5 Å². The van der Waals surface area contributed by atoms with Crippen LogP contribution in [-0.2, 0) is 4.79 Å². The molecule has 6 N–H and O–H groups in total. The van der Waals surface area contributed by atoms with Gasteiger partial charge in [-0.2, -0.15) is 0 Å².